The number of aryl methyl sites for hydroxylation is 1. The van der Waals surface area contributed by atoms with E-state index in [-0.39, 0.29) is 6.10 Å². The van der Waals surface area contributed by atoms with Crippen molar-refractivity contribution in [2.75, 3.05) is 19.8 Å². The number of hydrogen-bond acceptors (Lipinski definition) is 3. The Morgan fingerprint density at radius 2 is 2.25 bits per heavy atom. The third kappa shape index (κ3) is 4.50. The molecule has 1 aromatic carbocycles. The zero-order valence-electron chi connectivity index (χ0n) is 12.8. The first-order valence-corrected chi connectivity index (χ1v) is 7.85. The Hall–Kier alpha value is -1.06. The van der Waals surface area contributed by atoms with Gasteiger partial charge in [0.25, 0.3) is 0 Å². The molecule has 1 unspecified atom stereocenters. The van der Waals surface area contributed by atoms with Gasteiger partial charge in [-0.2, -0.15) is 0 Å². The van der Waals surface area contributed by atoms with Gasteiger partial charge in [0, 0.05) is 18.7 Å². The highest BCUT2D eigenvalue weighted by Gasteiger charge is 2.16. The molecule has 1 aliphatic heterocycles. The second kappa shape index (κ2) is 8.28. The molecule has 1 N–H and O–H groups in total. The molecule has 0 saturated carbocycles. The molecule has 1 atom stereocenters. The van der Waals surface area contributed by atoms with Crippen LogP contribution < -0.4 is 10.1 Å². The van der Waals surface area contributed by atoms with Gasteiger partial charge in [-0.15, -0.1) is 0 Å². The number of benzene rings is 1. The van der Waals surface area contributed by atoms with Gasteiger partial charge in [0.15, 0.2) is 0 Å². The normalized spacial score (nSPS) is 19.0. The maximum absolute atomic E-state index is 6.07. The van der Waals surface area contributed by atoms with Crippen molar-refractivity contribution < 1.29 is 9.47 Å². The van der Waals surface area contributed by atoms with Crippen LogP contribution in [0.15, 0.2) is 18.2 Å². The van der Waals surface area contributed by atoms with Gasteiger partial charge in [-0.1, -0.05) is 25.1 Å². The van der Waals surface area contributed by atoms with E-state index in [9.17, 15) is 0 Å². The Morgan fingerprint density at radius 3 is 3.00 bits per heavy atom. The minimum Gasteiger partial charge on any atom is -0.490 e. The molecule has 0 aliphatic carbocycles. The van der Waals surface area contributed by atoms with Crippen LogP contribution in [-0.4, -0.2) is 25.9 Å². The summed E-state index contributed by atoms with van der Waals surface area (Å²) in [5.74, 6) is 1.03. The lowest BCUT2D eigenvalue weighted by Crippen LogP contribution is -2.26. The van der Waals surface area contributed by atoms with Gasteiger partial charge in [-0.25, -0.2) is 0 Å². The van der Waals surface area contributed by atoms with Crippen LogP contribution in [0.1, 0.15) is 43.7 Å². The van der Waals surface area contributed by atoms with E-state index < -0.39 is 0 Å². The van der Waals surface area contributed by atoms with Crippen LogP contribution in [0.2, 0.25) is 0 Å². The molecule has 3 nitrogen and oxygen atoms in total. The summed E-state index contributed by atoms with van der Waals surface area (Å²) in [6, 6.07) is 6.36. The fourth-order valence-corrected chi connectivity index (χ4v) is 2.57. The molecule has 1 aromatic rings. The molecule has 20 heavy (non-hydrogen) atoms. The van der Waals surface area contributed by atoms with Gasteiger partial charge in [-0.05, 0) is 44.7 Å². The average molecular weight is 277 g/mol. The van der Waals surface area contributed by atoms with Gasteiger partial charge < -0.3 is 14.8 Å². The highest BCUT2D eigenvalue weighted by molar-refractivity contribution is 5.40. The topological polar surface area (TPSA) is 30.5 Å². The van der Waals surface area contributed by atoms with Crippen molar-refractivity contribution in [3.63, 3.8) is 0 Å². The van der Waals surface area contributed by atoms with Crippen LogP contribution in [0.5, 0.6) is 5.75 Å². The Balaban J connectivity index is 1.93. The number of para-hydroxylation sites is 1. The maximum Gasteiger partial charge on any atom is 0.126 e. The molecule has 112 valence electrons. The fraction of sp³-hybridized carbons (Fsp3) is 0.647. The Labute approximate surface area is 122 Å². The van der Waals surface area contributed by atoms with Crippen molar-refractivity contribution in [1.82, 2.24) is 5.32 Å². The molecule has 2 rings (SSSR count). The molecule has 0 radical (unpaired) electrons. The summed E-state index contributed by atoms with van der Waals surface area (Å²) in [6.07, 6.45) is 4.98. The number of rotatable bonds is 7. The van der Waals surface area contributed by atoms with Gasteiger partial charge in [0.1, 0.15) is 12.4 Å². The zero-order chi connectivity index (χ0) is 14.2. The Morgan fingerprint density at radius 1 is 1.35 bits per heavy atom. The van der Waals surface area contributed by atoms with E-state index in [0.717, 1.165) is 38.3 Å². The van der Waals surface area contributed by atoms with E-state index in [4.69, 9.17) is 9.47 Å². The number of nitrogens with one attached hydrogen (secondary N) is 1. The summed E-state index contributed by atoms with van der Waals surface area (Å²) in [5, 5.41) is 3.45. The maximum atomic E-state index is 6.07. The van der Waals surface area contributed by atoms with Crippen molar-refractivity contribution in [2.24, 2.45) is 0 Å². The van der Waals surface area contributed by atoms with Crippen LogP contribution >= 0.6 is 0 Å². The lowest BCUT2D eigenvalue weighted by atomic mass is 10.1. The molecule has 1 saturated heterocycles. The van der Waals surface area contributed by atoms with E-state index >= 15 is 0 Å². The summed E-state index contributed by atoms with van der Waals surface area (Å²) in [4.78, 5) is 0. The summed E-state index contributed by atoms with van der Waals surface area (Å²) in [6.45, 7) is 7.76. The average Bonchev–Trinajstić information content (AvgIpc) is 2.48. The predicted octanol–water partition coefficient (Wildman–Crippen LogP) is 3.44. The molecule has 0 spiro atoms. The molecular weight excluding hydrogens is 250 g/mol. The van der Waals surface area contributed by atoms with E-state index in [2.05, 4.69) is 37.4 Å². The zero-order valence-corrected chi connectivity index (χ0v) is 12.8. The molecular formula is C17H27NO2. The molecule has 0 bridgehead atoms. The van der Waals surface area contributed by atoms with Gasteiger partial charge in [0.2, 0.25) is 0 Å². The monoisotopic (exact) mass is 277 g/mol. The van der Waals surface area contributed by atoms with Crippen molar-refractivity contribution in [1.29, 1.82) is 0 Å². The van der Waals surface area contributed by atoms with E-state index in [1.54, 1.807) is 0 Å². The number of ether oxygens (including phenoxy) is 2. The third-order valence-electron chi connectivity index (χ3n) is 3.72. The first-order chi connectivity index (χ1) is 9.81. The second-order valence-corrected chi connectivity index (χ2v) is 5.54. The van der Waals surface area contributed by atoms with Crippen LogP contribution in [0.4, 0.5) is 0 Å². The smallest absolute Gasteiger partial charge is 0.126 e. The second-order valence-electron chi connectivity index (χ2n) is 5.54. The SMILES string of the molecule is CCCNCc1cccc(C)c1OCC1CCCCO1. The minimum atomic E-state index is 0.264. The van der Waals surface area contributed by atoms with Gasteiger partial charge in [-0.3, -0.25) is 0 Å². The molecule has 1 fully saturated rings. The minimum absolute atomic E-state index is 0.264. The fourth-order valence-electron chi connectivity index (χ4n) is 2.57. The summed E-state index contributed by atoms with van der Waals surface area (Å²) < 4.78 is 11.8. The van der Waals surface area contributed by atoms with Gasteiger partial charge >= 0.3 is 0 Å². The summed E-state index contributed by atoms with van der Waals surface area (Å²) >= 11 is 0. The predicted molar refractivity (Wildman–Crippen MR) is 82.3 cm³/mol. The van der Waals surface area contributed by atoms with E-state index in [0.29, 0.717) is 6.61 Å². The van der Waals surface area contributed by atoms with E-state index in [1.165, 1.54) is 24.0 Å². The molecule has 1 heterocycles. The summed E-state index contributed by atoms with van der Waals surface area (Å²) in [5.41, 5.74) is 2.45. The quantitative estimate of drug-likeness (QED) is 0.774. The molecule has 3 heteroatoms. The van der Waals surface area contributed by atoms with Crippen molar-refractivity contribution in [3.8, 4) is 5.75 Å². The van der Waals surface area contributed by atoms with Gasteiger partial charge in [0.05, 0.1) is 6.10 Å². The lowest BCUT2D eigenvalue weighted by Gasteiger charge is -2.24. The molecule has 0 amide bonds. The first kappa shape index (κ1) is 15.3. The van der Waals surface area contributed by atoms with Crippen LogP contribution in [0.3, 0.4) is 0 Å². The van der Waals surface area contributed by atoms with Crippen LogP contribution in [0.25, 0.3) is 0 Å². The van der Waals surface area contributed by atoms with Crippen LogP contribution in [-0.2, 0) is 11.3 Å². The molecule has 1 aliphatic rings. The lowest BCUT2D eigenvalue weighted by molar-refractivity contribution is -0.0113. The molecule has 0 aromatic heterocycles. The Bertz CT molecular complexity index is 400. The standard InChI is InChI=1S/C17H27NO2/c1-3-10-18-12-15-8-6-7-14(2)17(15)20-13-16-9-4-5-11-19-16/h6-8,16,18H,3-5,9-13H2,1-2H3. The largest absolute Gasteiger partial charge is 0.490 e. The summed E-state index contributed by atoms with van der Waals surface area (Å²) in [7, 11) is 0. The van der Waals surface area contributed by atoms with Crippen molar-refractivity contribution in [2.45, 2.75) is 52.2 Å². The Kier molecular flexibility index (Phi) is 6.34. The highest BCUT2D eigenvalue weighted by Crippen LogP contribution is 2.24. The number of hydrogen-bond donors (Lipinski definition) is 1. The first-order valence-electron chi connectivity index (χ1n) is 7.85. The van der Waals surface area contributed by atoms with Crippen molar-refractivity contribution in [3.05, 3.63) is 29.3 Å². The van der Waals surface area contributed by atoms with Crippen molar-refractivity contribution >= 4 is 0 Å². The van der Waals surface area contributed by atoms with Crippen LogP contribution in [0, 0.1) is 6.92 Å². The highest BCUT2D eigenvalue weighted by atomic mass is 16.5. The van der Waals surface area contributed by atoms with E-state index in [1.807, 2.05) is 0 Å². The third-order valence-corrected chi connectivity index (χ3v) is 3.72.